The minimum atomic E-state index is -1.32. The molecule has 0 radical (unpaired) electrons. The number of aromatic nitrogens is 3. The summed E-state index contributed by atoms with van der Waals surface area (Å²) in [6, 6.07) is 10.3. The second-order valence-corrected chi connectivity index (χ2v) is 13.4. The molecule has 7 rings (SSSR count). The Kier molecular flexibility index (Phi) is 8.88. The first-order valence-electron chi connectivity index (χ1n) is 17.0. The number of halogens is 1. The predicted octanol–water partition coefficient (Wildman–Crippen LogP) is 4.01. The fraction of sp³-hybridized carbons (Fsp3) is 0.444. The predicted molar refractivity (Wildman–Crippen MR) is 185 cm³/mol. The van der Waals surface area contributed by atoms with Crippen LogP contribution < -0.4 is 26.9 Å². The number of anilines is 3. The number of unbranched alkanes of at least 4 members (excludes halogenated alkanes) is 1. The van der Waals surface area contributed by atoms with E-state index in [2.05, 4.69) is 29.0 Å². The van der Waals surface area contributed by atoms with Crippen LogP contribution in [0.25, 0.3) is 10.9 Å². The number of carbonyl (C=O) groups is 1. The Labute approximate surface area is 281 Å². The SMILES string of the molecule is CCc1cc(Nc2cc(=O)n(CCCCN3CCOC4CN(c5cc6c(cc5F)c(=O)c(C(=O)O)cn6C5CC5)CC43)c(=O)[nH]2)ccc1C. The highest BCUT2D eigenvalue weighted by Crippen LogP contribution is 2.39. The first-order valence-corrected chi connectivity index (χ1v) is 17.0. The van der Waals surface area contributed by atoms with Gasteiger partial charge in [-0.1, -0.05) is 13.0 Å². The molecule has 1 saturated carbocycles. The van der Waals surface area contributed by atoms with E-state index in [-0.39, 0.29) is 41.2 Å². The summed E-state index contributed by atoms with van der Waals surface area (Å²) in [5.41, 5.74) is 2.23. The summed E-state index contributed by atoms with van der Waals surface area (Å²) in [7, 11) is 0. The normalized spacial score (nSPS) is 19.4. The van der Waals surface area contributed by atoms with Crippen LogP contribution in [0.4, 0.5) is 21.6 Å². The fourth-order valence-electron chi connectivity index (χ4n) is 7.31. The second-order valence-electron chi connectivity index (χ2n) is 13.4. The Morgan fingerprint density at radius 1 is 1.08 bits per heavy atom. The van der Waals surface area contributed by atoms with E-state index in [9.17, 15) is 24.3 Å². The van der Waals surface area contributed by atoms with Crippen molar-refractivity contribution < 1.29 is 19.0 Å². The van der Waals surface area contributed by atoms with Gasteiger partial charge in [0.25, 0.3) is 5.56 Å². The van der Waals surface area contributed by atoms with Crippen LogP contribution in [-0.2, 0) is 17.7 Å². The molecule has 2 saturated heterocycles. The summed E-state index contributed by atoms with van der Waals surface area (Å²) in [4.78, 5) is 57.4. The van der Waals surface area contributed by atoms with Crippen molar-refractivity contribution in [2.45, 2.75) is 70.7 Å². The molecule has 2 aromatic heterocycles. The van der Waals surface area contributed by atoms with Crippen molar-refractivity contribution in [1.82, 2.24) is 19.0 Å². The lowest BCUT2D eigenvalue weighted by atomic mass is 10.1. The van der Waals surface area contributed by atoms with Crippen molar-refractivity contribution in [2.75, 3.05) is 43.0 Å². The lowest BCUT2D eigenvalue weighted by Crippen LogP contribution is -2.51. The highest BCUT2D eigenvalue weighted by Gasteiger charge is 2.41. The zero-order chi connectivity index (χ0) is 34.4. The van der Waals surface area contributed by atoms with E-state index in [0.29, 0.717) is 49.7 Å². The average molecular weight is 673 g/mol. The number of carboxylic acid groups (broad SMARTS) is 1. The third kappa shape index (κ3) is 6.52. The number of nitrogens with one attached hydrogen (secondary N) is 2. The molecule has 0 amide bonds. The number of aromatic amines is 1. The number of rotatable bonds is 11. The molecule has 3 aliphatic rings. The number of fused-ring (bicyclic) bond motifs is 2. The van der Waals surface area contributed by atoms with Gasteiger partial charge < -0.3 is 24.6 Å². The third-order valence-corrected chi connectivity index (χ3v) is 10.1. The monoisotopic (exact) mass is 672 g/mol. The summed E-state index contributed by atoms with van der Waals surface area (Å²) in [5.74, 6) is -1.54. The van der Waals surface area contributed by atoms with Gasteiger partial charge in [-0.2, -0.15) is 0 Å². The molecule has 3 N–H and O–H groups in total. The maximum Gasteiger partial charge on any atom is 0.341 e. The molecule has 3 fully saturated rings. The minimum absolute atomic E-state index is 0.0235. The summed E-state index contributed by atoms with van der Waals surface area (Å²) in [6.07, 6.45) is 5.28. The van der Waals surface area contributed by atoms with Crippen LogP contribution in [-0.4, -0.2) is 75.0 Å². The summed E-state index contributed by atoms with van der Waals surface area (Å²) in [6.45, 7) is 7.43. The average Bonchev–Trinajstić information content (AvgIpc) is 3.82. The van der Waals surface area contributed by atoms with Crippen LogP contribution in [0.5, 0.6) is 0 Å². The van der Waals surface area contributed by atoms with Crippen molar-refractivity contribution >= 4 is 34.1 Å². The Morgan fingerprint density at radius 2 is 1.88 bits per heavy atom. The van der Waals surface area contributed by atoms with E-state index in [0.717, 1.165) is 37.9 Å². The Morgan fingerprint density at radius 3 is 2.61 bits per heavy atom. The number of benzene rings is 2. The van der Waals surface area contributed by atoms with Gasteiger partial charge in [0.05, 0.1) is 30.0 Å². The Balaban J connectivity index is 1.00. The number of carboxylic acids is 1. The first kappa shape index (κ1) is 32.8. The van der Waals surface area contributed by atoms with E-state index in [1.807, 2.05) is 27.7 Å². The van der Waals surface area contributed by atoms with Gasteiger partial charge in [0, 0.05) is 55.6 Å². The maximum atomic E-state index is 15.6. The Bertz CT molecular complexity index is 2070. The molecule has 2 unspecified atom stereocenters. The van der Waals surface area contributed by atoms with Gasteiger partial charge in [0.1, 0.15) is 17.2 Å². The van der Waals surface area contributed by atoms with Crippen LogP contribution in [0.3, 0.4) is 0 Å². The van der Waals surface area contributed by atoms with Gasteiger partial charge in [0.15, 0.2) is 0 Å². The minimum Gasteiger partial charge on any atom is -0.477 e. The number of aromatic carboxylic acids is 1. The number of nitrogens with zero attached hydrogens (tertiary/aromatic N) is 4. The van der Waals surface area contributed by atoms with Crippen LogP contribution in [0.15, 0.2) is 57.0 Å². The fourth-order valence-corrected chi connectivity index (χ4v) is 7.31. The van der Waals surface area contributed by atoms with Gasteiger partial charge in [-0.3, -0.25) is 24.0 Å². The van der Waals surface area contributed by atoms with Crippen LogP contribution >= 0.6 is 0 Å². The zero-order valence-electron chi connectivity index (χ0n) is 27.7. The summed E-state index contributed by atoms with van der Waals surface area (Å²) >= 11 is 0. The van der Waals surface area contributed by atoms with Gasteiger partial charge in [-0.25, -0.2) is 14.0 Å². The maximum absolute atomic E-state index is 15.6. The van der Waals surface area contributed by atoms with Crippen LogP contribution in [0.2, 0.25) is 0 Å². The molecule has 12 nitrogen and oxygen atoms in total. The largest absolute Gasteiger partial charge is 0.477 e. The smallest absolute Gasteiger partial charge is 0.341 e. The summed E-state index contributed by atoms with van der Waals surface area (Å²) in [5, 5.41) is 12.8. The highest BCUT2D eigenvalue weighted by molar-refractivity contribution is 5.93. The molecular weight excluding hydrogens is 631 g/mol. The zero-order valence-corrected chi connectivity index (χ0v) is 27.7. The van der Waals surface area contributed by atoms with Gasteiger partial charge in [-0.05, 0) is 81.0 Å². The molecule has 2 aromatic carbocycles. The standard InChI is InChI=1S/C36H41FN6O6/c1-3-22-14-23(7-6-21(22)2)38-32-17-33(44)42(36(48)39-32)11-5-4-10-40-12-13-49-31-20-41(19-30(31)40)29-16-28-25(15-27(29)37)34(45)26(35(46)47)18-43(28)24-8-9-24/h6-7,14-18,24,30-31,38H,3-5,8-13,19-20H2,1-2H3,(H,39,48)(H,46,47). The van der Waals surface area contributed by atoms with E-state index >= 15 is 4.39 Å². The molecule has 1 aliphatic carbocycles. The van der Waals surface area contributed by atoms with Crippen LogP contribution in [0, 0.1) is 12.7 Å². The van der Waals surface area contributed by atoms with Gasteiger partial charge >= 0.3 is 11.7 Å². The molecule has 0 bridgehead atoms. The number of ether oxygens (including phenoxy) is 1. The lowest BCUT2D eigenvalue weighted by molar-refractivity contribution is -0.0470. The molecule has 4 heterocycles. The lowest BCUT2D eigenvalue weighted by Gasteiger charge is -2.36. The molecule has 2 aliphatic heterocycles. The second kappa shape index (κ2) is 13.3. The molecule has 258 valence electrons. The quantitative estimate of drug-likeness (QED) is 0.202. The molecular formula is C36H41FN6O6. The van der Waals surface area contributed by atoms with Crippen molar-refractivity contribution in [3.63, 3.8) is 0 Å². The van der Waals surface area contributed by atoms with Crippen molar-refractivity contribution in [3.05, 3.63) is 96.2 Å². The molecule has 13 heteroatoms. The number of hydrogen-bond acceptors (Lipinski definition) is 8. The van der Waals surface area contributed by atoms with E-state index in [4.69, 9.17) is 4.74 Å². The summed E-state index contributed by atoms with van der Waals surface area (Å²) < 4.78 is 24.7. The number of hydrogen-bond donors (Lipinski definition) is 3. The van der Waals surface area contributed by atoms with E-state index in [1.54, 1.807) is 6.07 Å². The van der Waals surface area contributed by atoms with Gasteiger partial charge in [-0.15, -0.1) is 0 Å². The van der Waals surface area contributed by atoms with E-state index in [1.165, 1.54) is 34.0 Å². The number of morpholine rings is 1. The molecule has 2 atom stereocenters. The van der Waals surface area contributed by atoms with E-state index < -0.39 is 22.9 Å². The van der Waals surface area contributed by atoms with Crippen molar-refractivity contribution in [1.29, 1.82) is 0 Å². The van der Waals surface area contributed by atoms with Crippen LogP contribution in [0.1, 0.15) is 60.1 Å². The number of pyridine rings is 1. The first-order chi connectivity index (χ1) is 23.6. The Hall–Kier alpha value is -4.75. The van der Waals surface area contributed by atoms with Gasteiger partial charge in [0.2, 0.25) is 5.43 Å². The third-order valence-electron chi connectivity index (χ3n) is 10.1. The van der Waals surface area contributed by atoms with Crippen molar-refractivity contribution in [2.24, 2.45) is 0 Å². The molecule has 49 heavy (non-hydrogen) atoms. The number of H-pyrrole nitrogens is 1. The molecule has 4 aromatic rings. The number of aryl methyl sites for hydroxylation is 2. The highest BCUT2D eigenvalue weighted by atomic mass is 19.1. The molecule has 0 spiro atoms. The topological polar surface area (TPSA) is 142 Å². The van der Waals surface area contributed by atoms with Crippen molar-refractivity contribution in [3.8, 4) is 0 Å².